The molecule has 1 aliphatic rings. The Labute approximate surface area is 92.3 Å². The minimum atomic E-state index is 0.638. The number of hydrogen-bond acceptors (Lipinski definition) is 3. The molecule has 1 aromatic carbocycles. The molecule has 14 heavy (non-hydrogen) atoms. The number of nitrogens with zero attached hydrogens (tertiary/aromatic N) is 1. The molecule has 0 aliphatic carbocycles. The molecular formula is C10H10ClNOS. The Balaban J connectivity index is 2.51. The molecule has 4 heteroatoms. The van der Waals surface area contributed by atoms with Crippen LogP contribution in [-0.4, -0.2) is 24.5 Å². The largest absolute Gasteiger partial charge is 0.491 e. The van der Waals surface area contributed by atoms with E-state index in [1.54, 1.807) is 11.8 Å². The molecule has 0 atom stereocenters. The molecule has 2 nitrogen and oxygen atoms in total. The van der Waals surface area contributed by atoms with Crippen LogP contribution in [0.3, 0.4) is 0 Å². The van der Waals surface area contributed by atoms with Gasteiger partial charge >= 0.3 is 0 Å². The maximum Gasteiger partial charge on any atom is 0.129 e. The summed E-state index contributed by atoms with van der Waals surface area (Å²) in [6, 6.07) is 5.63. The first-order valence-electron chi connectivity index (χ1n) is 4.32. The van der Waals surface area contributed by atoms with E-state index in [2.05, 4.69) is 4.99 Å². The standard InChI is InChI=1S/C10H10ClNOS/c1-14-10-8-6-7(11)2-3-9(8)13-5-4-12-10/h2-3,6H,4-5H2,1H3. The molecule has 0 N–H and O–H groups in total. The van der Waals surface area contributed by atoms with Gasteiger partial charge in [0.25, 0.3) is 0 Å². The summed E-state index contributed by atoms with van der Waals surface area (Å²) >= 11 is 7.55. The van der Waals surface area contributed by atoms with Gasteiger partial charge in [0.15, 0.2) is 0 Å². The first-order valence-corrected chi connectivity index (χ1v) is 5.92. The van der Waals surface area contributed by atoms with Gasteiger partial charge in [-0.25, -0.2) is 0 Å². The minimum absolute atomic E-state index is 0.638. The highest BCUT2D eigenvalue weighted by molar-refractivity contribution is 8.13. The predicted octanol–water partition coefficient (Wildman–Crippen LogP) is 2.84. The summed E-state index contributed by atoms with van der Waals surface area (Å²) in [5.74, 6) is 0.875. The SMILES string of the molecule is CSC1=NCCOc2ccc(Cl)cc21. The van der Waals surface area contributed by atoms with E-state index in [0.717, 1.165) is 21.4 Å². The molecule has 0 saturated heterocycles. The van der Waals surface area contributed by atoms with Crippen LogP contribution >= 0.6 is 23.4 Å². The minimum Gasteiger partial charge on any atom is -0.491 e. The molecule has 0 bridgehead atoms. The van der Waals surface area contributed by atoms with Crippen molar-refractivity contribution in [1.82, 2.24) is 0 Å². The first-order chi connectivity index (χ1) is 6.81. The number of fused-ring (bicyclic) bond motifs is 1. The third-order valence-electron chi connectivity index (χ3n) is 1.97. The van der Waals surface area contributed by atoms with Gasteiger partial charge in [-0.2, -0.15) is 0 Å². The third kappa shape index (κ3) is 1.88. The topological polar surface area (TPSA) is 21.6 Å². The normalized spacial score (nSPS) is 15.1. The lowest BCUT2D eigenvalue weighted by Crippen LogP contribution is -1.99. The molecular weight excluding hydrogens is 218 g/mol. The van der Waals surface area contributed by atoms with Crippen molar-refractivity contribution in [3.63, 3.8) is 0 Å². The number of benzene rings is 1. The van der Waals surface area contributed by atoms with Crippen molar-refractivity contribution in [1.29, 1.82) is 0 Å². The van der Waals surface area contributed by atoms with Crippen molar-refractivity contribution < 1.29 is 4.74 Å². The zero-order valence-electron chi connectivity index (χ0n) is 7.79. The highest BCUT2D eigenvalue weighted by atomic mass is 35.5. The van der Waals surface area contributed by atoms with Crippen molar-refractivity contribution >= 4 is 28.4 Å². The fraction of sp³-hybridized carbons (Fsp3) is 0.300. The number of rotatable bonds is 0. The van der Waals surface area contributed by atoms with Crippen LogP contribution in [0.2, 0.25) is 5.02 Å². The zero-order valence-corrected chi connectivity index (χ0v) is 9.36. The lowest BCUT2D eigenvalue weighted by atomic mass is 10.2. The number of hydrogen-bond donors (Lipinski definition) is 0. The molecule has 74 valence electrons. The van der Waals surface area contributed by atoms with Crippen LogP contribution in [0, 0.1) is 0 Å². The van der Waals surface area contributed by atoms with Crippen molar-refractivity contribution in [2.75, 3.05) is 19.4 Å². The monoisotopic (exact) mass is 227 g/mol. The molecule has 0 unspecified atom stereocenters. The molecule has 1 aliphatic heterocycles. The van der Waals surface area contributed by atoms with Crippen LogP contribution in [0.4, 0.5) is 0 Å². The summed E-state index contributed by atoms with van der Waals surface area (Å²) in [6.45, 7) is 1.35. The smallest absolute Gasteiger partial charge is 0.129 e. The molecule has 0 saturated carbocycles. The quantitative estimate of drug-likeness (QED) is 0.680. The summed E-state index contributed by atoms with van der Waals surface area (Å²) in [4.78, 5) is 4.42. The van der Waals surface area contributed by atoms with Gasteiger partial charge in [-0.3, -0.25) is 4.99 Å². The summed E-state index contributed by atoms with van der Waals surface area (Å²) < 4.78 is 5.55. The summed E-state index contributed by atoms with van der Waals surface area (Å²) in [5.41, 5.74) is 1.00. The first kappa shape index (κ1) is 9.87. The lowest BCUT2D eigenvalue weighted by Gasteiger charge is -2.07. The third-order valence-corrected chi connectivity index (χ3v) is 2.94. The summed E-state index contributed by atoms with van der Waals surface area (Å²) in [7, 11) is 0. The van der Waals surface area contributed by atoms with Gasteiger partial charge < -0.3 is 4.74 Å². The summed E-state index contributed by atoms with van der Waals surface area (Å²) in [6.07, 6.45) is 2.01. The second-order valence-corrected chi connectivity index (χ2v) is 4.11. The molecule has 0 radical (unpaired) electrons. The average molecular weight is 228 g/mol. The van der Waals surface area contributed by atoms with Crippen LogP contribution in [0.1, 0.15) is 5.56 Å². The van der Waals surface area contributed by atoms with Gasteiger partial charge in [0.2, 0.25) is 0 Å². The van der Waals surface area contributed by atoms with Crippen LogP contribution in [-0.2, 0) is 0 Å². The average Bonchev–Trinajstić information content (AvgIpc) is 2.39. The lowest BCUT2D eigenvalue weighted by molar-refractivity contribution is 0.331. The second kappa shape index (κ2) is 4.24. The van der Waals surface area contributed by atoms with Gasteiger partial charge in [-0.05, 0) is 24.5 Å². The molecule has 2 rings (SSSR count). The Kier molecular flexibility index (Phi) is 2.99. The molecule has 1 heterocycles. The van der Waals surface area contributed by atoms with Gasteiger partial charge in [-0.1, -0.05) is 11.6 Å². The molecule has 0 amide bonds. The Bertz CT molecular complexity index is 378. The van der Waals surface area contributed by atoms with Crippen molar-refractivity contribution in [3.8, 4) is 5.75 Å². The second-order valence-electron chi connectivity index (χ2n) is 2.88. The van der Waals surface area contributed by atoms with E-state index in [9.17, 15) is 0 Å². The highest BCUT2D eigenvalue weighted by Gasteiger charge is 2.13. The van der Waals surface area contributed by atoms with E-state index in [1.807, 2.05) is 24.5 Å². The molecule has 1 aromatic rings. The number of aliphatic imine (C=N–C) groups is 1. The van der Waals surface area contributed by atoms with Crippen LogP contribution in [0.15, 0.2) is 23.2 Å². The van der Waals surface area contributed by atoms with Gasteiger partial charge in [0.05, 0.1) is 6.54 Å². The van der Waals surface area contributed by atoms with Crippen LogP contribution in [0.25, 0.3) is 0 Å². The maximum atomic E-state index is 5.93. The highest BCUT2D eigenvalue weighted by Crippen LogP contribution is 2.28. The fourth-order valence-electron chi connectivity index (χ4n) is 1.36. The number of thioether (sulfide) groups is 1. The van der Waals surface area contributed by atoms with Gasteiger partial charge in [-0.15, -0.1) is 11.8 Å². The predicted molar refractivity (Wildman–Crippen MR) is 61.9 cm³/mol. The van der Waals surface area contributed by atoms with E-state index < -0.39 is 0 Å². The molecule has 0 spiro atoms. The summed E-state index contributed by atoms with van der Waals surface area (Å²) in [5, 5.41) is 1.72. The van der Waals surface area contributed by atoms with Crippen molar-refractivity contribution in [2.24, 2.45) is 4.99 Å². The Morgan fingerprint density at radius 2 is 2.36 bits per heavy atom. The Morgan fingerprint density at radius 1 is 1.50 bits per heavy atom. The Morgan fingerprint density at radius 3 is 3.14 bits per heavy atom. The van der Waals surface area contributed by atoms with E-state index in [4.69, 9.17) is 16.3 Å². The molecule has 0 aromatic heterocycles. The Hall–Kier alpha value is -0.670. The van der Waals surface area contributed by atoms with E-state index >= 15 is 0 Å². The maximum absolute atomic E-state index is 5.93. The van der Waals surface area contributed by atoms with Crippen molar-refractivity contribution in [3.05, 3.63) is 28.8 Å². The van der Waals surface area contributed by atoms with Crippen LogP contribution < -0.4 is 4.74 Å². The number of ether oxygens (including phenoxy) is 1. The number of halogens is 1. The molecule has 0 fully saturated rings. The van der Waals surface area contributed by atoms with Crippen molar-refractivity contribution in [2.45, 2.75) is 0 Å². The van der Waals surface area contributed by atoms with E-state index in [0.29, 0.717) is 13.2 Å². The van der Waals surface area contributed by atoms with E-state index in [-0.39, 0.29) is 0 Å². The van der Waals surface area contributed by atoms with Gasteiger partial charge in [0.1, 0.15) is 17.4 Å². The van der Waals surface area contributed by atoms with Crippen LogP contribution in [0.5, 0.6) is 5.75 Å². The van der Waals surface area contributed by atoms with Gasteiger partial charge in [0, 0.05) is 10.6 Å². The fourth-order valence-corrected chi connectivity index (χ4v) is 2.13. The zero-order chi connectivity index (χ0) is 9.97. The van der Waals surface area contributed by atoms with E-state index in [1.165, 1.54) is 0 Å².